The third-order valence-corrected chi connectivity index (χ3v) is 4.41. The number of carbonyl (C=O) groups excluding carboxylic acids is 1. The van der Waals surface area contributed by atoms with Crippen molar-refractivity contribution in [2.45, 2.75) is 31.7 Å². The summed E-state index contributed by atoms with van der Waals surface area (Å²) in [5.41, 5.74) is 8.36. The first kappa shape index (κ1) is 18.3. The first-order valence-electron chi connectivity index (χ1n) is 8.03. The van der Waals surface area contributed by atoms with Crippen LogP contribution in [0.2, 0.25) is 0 Å². The number of amides is 1. The highest BCUT2D eigenvalue weighted by atomic mass is 35.5. The second-order valence-electron chi connectivity index (χ2n) is 6.07. The first-order valence-corrected chi connectivity index (χ1v) is 8.03. The molecule has 2 N–H and O–H groups in total. The molecule has 3 nitrogen and oxygen atoms in total. The van der Waals surface area contributed by atoms with Crippen molar-refractivity contribution in [1.82, 2.24) is 4.90 Å². The second-order valence-corrected chi connectivity index (χ2v) is 6.07. The van der Waals surface area contributed by atoms with E-state index in [0.29, 0.717) is 12.1 Å². The Bertz CT molecular complexity index is 673. The van der Waals surface area contributed by atoms with Crippen LogP contribution in [0.15, 0.2) is 48.5 Å². The topological polar surface area (TPSA) is 46.3 Å². The highest BCUT2D eigenvalue weighted by Gasteiger charge is 2.27. The fourth-order valence-electron chi connectivity index (χ4n) is 3.17. The summed E-state index contributed by atoms with van der Waals surface area (Å²) in [6.07, 6.45) is 3.41. The van der Waals surface area contributed by atoms with Crippen LogP contribution in [-0.4, -0.2) is 17.4 Å². The molecule has 0 spiro atoms. The fraction of sp³-hybridized carbons (Fsp3) is 0.316. The molecule has 0 aromatic heterocycles. The van der Waals surface area contributed by atoms with Gasteiger partial charge in [-0.2, -0.15) is 0 Å². The van der Waals surface area contributed by atoms with Crippen LogP contribution < -0.4 is 5.73 Å². The van der Waals surface area contributed by atoms with Crippen LogP contribution in [0, 0.1) is 5.82 Å². The number of halogens is 2. The van der Waals surface area contributed by atoms with E-state index in [1.807, 2.05) is 29.2 Å². The summed E-state index contributed by atoms with van der Waals surface area (Å²) in [4.78, 5) is 14.7. The molecule has 1 heterocycles. The van der Waals surface area contributed by atoms with Crippen molar-refractivity contribution in [3.8, 4) is 0 Å². The molecule has 2 aromatic rings. The number of benzene rings is 2. The SMILES string of the molecule is Cl.Nc1ccc(CC(=O)N2CCCCC2c2ccc(F)cc2)cc1. The third kappa shape index (κ3) is 4.26. The van der Waals surface area contributed by atoms with Gasteiger partial charge in [0.05, 0.1) is 12.5 Å². The molecule has 1 atom stereocenters. The zero-order valence-corrected chi connectivity index (χ0v) is 14.3. The number of nitrogen functional groups attached to an aromatic ring is 1. The summed E-state index contributed by atoms with van der Waals surface area (Å²) in [6, 6.07) is 14.0. The van der Waals surface area contributed by atoms with Gasteiger partial charge in [-0.1, -0.05) is 24.3 Å². The lowest BCUT2D eigenvalue weighted by atomic mass is 9.94. The number of rotatable bonds is 3. The maximum absolute atomic E-state index is 13.1. The first-order chi connectivity index (χ1) is 11.1. The molecule has 24 heavy (non-hydrogen) atoms. The van der Waals surface area contributed by atoms with E-state index in [2.05, 4.69) is 0 Å². The number of hydrogen-bond donors (Lipinski definition) is 1. The Morgan fingerprint density at radius 1 is 1.08 bits per heavy atom. The summed E-state index contributed by atoms with van der Waals surface area (Å²) in [7, 11) is 0. The van der Waals surface area contributed by atoms with Crippen molar-refractivity contribution in [2.75, 3.05) is 12.3 Å². The molecule has 5 heteroatoms. The van der Waals surface area contributed by atoms with Crippen LogP contribution in [0.25, 0.3) is 0 Å². The summed E-state index contributed by atoms with van der Waals surface area (Å²) >= 11 is 0. The van der Waals surface area contributed by atoms with Crippen LogP contribution in [-0.2, 0) is 11.2 Å². The number of nitrogens with two attached hydrogens (primary N) is 1. The number of anilines is 1. The molecule has 1 saturated heterocycles. The highest BCUT2D eigenvalue weighted by Crippen LogP contribution is 2.31. The van der Waals surface area contributed by atoms with Gasteiger partial charge in [-0.3, -0.25) is 4.79 Å². The monoisotopic (exact) mass is 348 g/mol. The Morgan fingerprint density at radius 2 is 1.75 bits per heavy atom. The minimum Gasteiger partial charge on any atom is -0.399 e. The summed E-state index contributed by atoms with van der Waals surface area (Å²) in [5.74, 6) is -0.131. The van der Waals surface area contributed by atoms with Gasteiger partial charge < -0.3 is 10.6 Å². The van der Waals surface area contributed by atoms with Crippen molar-refractivity contribution in [1.29, 1.82) is 0 Å². The quantitative estimate of drug-likeness (QED) is 0.848. The molecule has 0 aliphatic carbocycles. The number of piperidine rings is 1. The van der Waals surface area contributed by atoms with E-state index in [-0.39, 0.29) is 30.2 Å². The average Bonchev–Trinajstić information content (AvgIpc) is 2.58. The van der Waals surface area contributed by atoms with E-state index in [1.54, 1.807) is 12.1 Å². The maximum atomic E-state index is 13.1. The Kier molecular flexibility index (Phi) is 6.21. The van der Waals surface area contributed by atoms with Gasteiger partial charge in [0.25, 0.3) is 0 Å². The normalized spacial score (nSPS) is 17.2. The van der Waals surface area contributed by atoms with E-state index >= 15 is 0 Å². The van der Waals surface area contributed by atoms with Crippen LogP contribution in [0.1, 0.15) is 36.4 Å². The van der Waals surface area contributed by atoms with Crippen LogP contribution >= 0.6 is 12.4 Å². The molecule has 1 aliphatic heterocycles. The maximum Gasteiger partial charge on any atom is 0.227 e. The number of likely N-dealkylation sites (tertiary alicyclic amines) is 1. The van der Waals surface area contributed by atoms with Gasteiger partial charge in [0.1, 0.15) is 5.82 Å². The predicted octanol–water partition coefficient (Wildman–Crippen LogP) is 4.13. The Hall–Kier alpha value is -2.07. The van der Waals surface area contributed by atoms with Crippen LogP contribution in [0.3, 0.4) is 0 Å². The molecule has 128 valence electrons. The summed E-state index contributed by atoms with van der Waals surface area (Å²) < 4.78 is 13.1. The molecule has 1 fully saturated rings. The lowest BCUT2D eigenvalue weighted by molar-refractivity contribution is -0.134. The summed E-state index contributed by atoms with van der Waals surface area (Å²) in [6.45, 7) is 0.760. The van der Waals surface area contributed by atoms with E-state index < -0.39 is 0 Å². The fourth-order valence-corrected chi connectivity index (χ4v) is 3.17. The van der Waals surface area contributed by atoms with Crippen molar-refractivity contribution in [2.24, 2.45) is 0 Å². The van der Waals surface area contributed by atoms with Gasteiger partial charge >= 0.3 is 0 Å². The largest absolute Gasteiger partial charge is 0.399 e. The molecular weight excluding hydrogens is 327 g/mol. The summed E-state index contributed by atoms with van der Waals surface area (Å²) in [5, 5.41) is 0. The van der Waals surface area contributed by atoms with E-state index in [0.717, 1.165) is 36.9 Å². The second kappa shape index (κ2) is 8.15. The molecule has 0 saturated carbocycles. The molecule has 2 aromatic carbocycles. The van der Waals surface area contributed by atoms with Gasteiger partial charge in [-0.05, 0) is 54.7 Å². The third-order valence-electron chi connectivity index (χ3n) is 4.41. The lowest BCUT2D eigenvalue weighted by Gasteiger charge is -2.36. The molecule has 1 amide bonds. The number of hydrogen-bond acceptors (Lipinski definition) is 2. The van der Waals surface area contributed by atoms with E-state index in [4.69, 9.17) is 5.73 Å². The minimum atomic E-state index is -0.246. The molecule has 0 radical (unpaired) electrons. The van der Waals surface area contributed by atoms with Crippen molar-refractivity contribution < 1.29 is 9.18 Å². The lowest BCUT2D eigenvalue weighted by Crippen LogP contribution is -2.39. The van der Waals surface area contributed by atoms with Gasteiger partial charge in [-0.15, -0.1) is 12.4 Å². The molecule has 0 bridgehead atoms. The van der Waals surface area contributed by atoms with Crippen molar-refractivity contribution in [3.05, 3.63) is 65.5 Å². The molecule has 1 unspecified atom stereocenters. The van der Waals surface area contributed by atoms with Gasteiger partial charge in [0.15, 0.2) is 0 Å². The molecule has 1 aliphatic rings. The predicted molar refractivity (Wildman–Crippen MR) is 96.5 cm³/mol. The highest BCUT2D eigenvalue weighted by molar-refractivity contribution is 5.85. The van der Waals surface area contributed by atoms with Crippen LogP contribution in [0.5, 0.6) is 0 Å². The zero-order valence-electron chi connectivity index (χ0n) is 13.5. The smallest absolute Gasteiger partial charge is 0.227 e. The van der Waals surface area contributed by atoms with E-state index in [9.17, 15) is 9.18 Å². The van der Waals surface area contributed by atoms with Crippen molar-refractivity contribution in [3.63, 3.8) is 0 Å². The van der Waals surface area contributed by atoms with E-state index in [1.165, 1.54) is 12.1 Å². The van der Waals surface area contributed by atoms with Crippen molar-refractivity contribution >= 4 is 24.0 Å². The molecule has 3 rings (SSSR count). The van der Waals surface area contributed by atoms with Gasteiger partial charge in [-0.25, -0.2) is 4.39 Å². The Balaban J connectivity index is 0.00000208. The molecular formula is C19H22ClFN2O. The standard InChI is InChI=1S/C19H21FN2O.ClH/c20-16-8-6-15(7-9-16)18-3-1-2-12-22(18)19(23)13-14-4-10-17(21)11-5-14;/h4-11,18H,1-3,12-13,21H2;1H. The van der Waals surface area contributed by atoms with Gasteiger partial charge in [0, 0.05) is 12.2 Å². The Labute approximate surface area is 148 Å². The van der Waals surface area contributed by atoms with Crippen LogP contribution in [0.4, 0.5) is 10.1 Å². The Morgan fingerprint density at radius 3 is 2.42 bits per heavy atom. The minimum absolute atomic E-state index is 0. The number of carbonyl (C=O) groups is 1. The average molecular weight is 349 g/mol. The zero-order chi connectivity index (χ0) is 16.2. The number of nitrogens with zero attached hydrogens (tertiary/aromatic N) is 1. The van der Waals surface area contributed by atoms with Gasteiger partial charge in [0.2, 0.25) is 5.91 Å².